The van der Waals surface area contributed by atoms with Crippen LogP contribution in [0.25, 0.3) is 0 Å². The summed E-state index contributed by atoms with van der Waals surface area (Å²) in [5.74, 6) is 3.80. The molecule has 1 saturated carbocycles. The zero-order valence-corrected chi connectivity index (χ0v) is 9.29. The first-order valence-electron chi connectivity index (χ1n) is 5.00. The van der Waals surface area contributed by atoms with Gasteiger partial charge in [-0.15, -0.1) is 0 Å². The van der Waals surface area contributed by atoms with Crippen molar-refractivity contribution < 1.29 is 0 Å². The smallest absolute Gasteiger partial charge is 0.00927 e. The molecule has 1 heteroatoms. The van der Waals surface area contributed by atoms with E-state index in [0.29, 0.717) is 0 Å². The van der Waals surface area contributed by atoms with Crippen LogP contribution in [-0.4, -0.2) is 17.8 Å². The van der Waals surface area contributed by atoms with Crippen LogP contribution in [0.2, 0.25) is 0 Å². The molecule has 1 heterocycles. The highest BCUT2D eigenvalue weighted by atomic mass is 32.3. The highest BCUT2D eigenvalue weighted by Gasteiger charge is 2.46. The second kappa shape index (κ2) is 2.54. The van der Waals surface area contributed by atoms with E-state index >= 15 is 0 Å². The average molecular weight is 184 g/mol. The van der Waals surface area contributed by atoms with Crippen LogP contribution in [0.15, 0.2) is 11.5 Å². The average Bonchev–Trinajstić information content (AvgIpc) is 2.65. The van der Waals surface area contributed by atoms with Gasteiger partial charge in [0.1, 0.15) is 0 Å². The molecule has 2 aliphatic rings. The van der Waals surface area contributed by atoms with Crippen LogP contribution >= 0.6 is 10.0 Å². The minimum Gasteiger partial charge on any atom is -0.224 e. The maximum Gasteiger partial charge on any atom is -0.00927 e. The van der Waals surface area contributed by atoms with Crippen molar-refractivity contribution in [2.24, 2.45) is 11.3 Å². The summed E-state index contributed by atoms with van der Waals surface area (Å²) in [5.41, 5.74) is 0.719. The minimum atomic E-state index is -0.315. The second-order valence-electron chi connectivity index (χ2n) is 4.89. The molecule has 0 spiro atoms. The second-order valence-corrected chi connectivity index (χ2v) is 8.78. The van der Waals surface area contributed by atoms with Gasteiger partial charge in [-0.2, -0.15) is 0 Å². The fraction of sp³-hybridized carbons (Fsp3) is 0.818. The first kappa shape index (κ1) is 8.68. The van der Waals surface area contributed by atoms with Crippen LogP contribution in [0.4, 0.5) is 0 Å². The first-order chi connectivity index (χ1) is 5.58. The van der Waals surface area contributed by atoms with E-state index in [1.807, 2.05) is 0 Å². The molecule has 0 bridgehead atoms. The Balaban J connectivity index is 2.04. The van der Waals surface area contributed by atoms with Crippen LogP contribution in [-0.2, 0) is 0 Å². The summed E-state index contributed by atoms with van der Waals surface area (Å²) in [5, 5.41) is 2.54. The SMILES string of the molecule is CCS1(C)C=CC(C2(C)CC2)C1. The molecule has 1 fully saturated rings. The van der Waals surface area contributed by atoms with Crippen LogP contribution in [0.1, 0.15) is 26.7 Å². The predicted molar refractivity (Wildman–Crippen MR) is 58.9 cm³/mol. The van der Waals surface area contributed by atoms with E-state index in [-0.39, 0.29) is 10.0 Å². The Kier molecular flexibility index (Phi) is 1.84. The molecule has 2 unspecified atom stereocenters. The highest BCUT2D eigenvalue weighted by molar-refractivity contribution is 8.35. The van der Waals surface area contributed by atoms with Crippen molar-refractivity contribution >= 4 is 10.0 Å². The summed E-state index contributed by atoms with van der Waals surface area (Å²) in [6, 6.07) is 0. The van der Waals surface area contributed by atoms with Gasteiger partial charge in [0.25, 0.3) is 0 Å². The predicted octanol–water partition coefficient (Wildman–Crippen LogP) is 3.38. The van der Waals surface area contributed by atoms with Gasteiger partial charge in [-0.3, -0.25) is 0 Å². The molecule has 0 saturated heterocycles. The Bertz CT molecular complexity index is 215. The van der Waals surface area contributed by atoms with Gasteiger partial charge in [0, 0.05) is 0 Å². The van der Waals surface area contributed by atoms with E-state index in [1.165, 1.54) is 24.3 Å². The summed E-state index contributed by atoms with van der Waals surface area (Å²) < 4.78 is 0. The fourth-order valence-electron chi connectivity index (χ4n) is 2.02. The highest BCUT2D eigenvalue weighted by Crippen LogP contribution is 2.61. The van der Waals surface area contributed by atoms with Crippen molar-refractivity contribution in [3.05, 3.63) is 11.5 Å². The third-order valence-corrected chi connectivity index (χ3v) is 7.05. The van der Waals surface area contributed by atoms with E-state index in [2.05, 4.69) is 31.6 Å². The Morgan fingerprint density at radius 1 is 1.50 bits per heavy atom. The summed E-state index contributed by atoms with van der Waals surface area (Å²) in [4.78, 5) is 0. The van der Waals surface area contributed by atoms with E-state index < -0.39 is 0 Å². The Labute approximate surface area is 77.7 Å². The maximum absolute atomic E-state index is 2.54. The Morgan fingerprint density at radius 3 is 2.58 bits per heavy atom. The summed E-state index contributed by atoms with van der Waals surface area (Å²) in [6.07, 6.45) is 7.95. The number of allylic oxidation sites excluding steroid dienone is 1. The zero-order chi connectivity index (χ0) is 8.82. The lowest BCUT2D eigenvalue weighted by Gasteiger charge is -2.30. The van der Waals surface area contributed by atoms with Crippen molar-refractivity contribution in [1.29, 1.82) is 0 Å². The van der Waals surface area contributed by atoms with Crippen LogP contribution in [0, 0.1) is 11.3 Å². The van der Waals surface area contributed by atoms with Crippen molar-refractivity contribution in [2.75, 3.05) is 17.8 Å². The van der Waals surface area contributed by atoms with E-state index in [0.717, 1.165) is 11.3 Å². The first-order valence-corrected chi connectivity index (χ1v) is 7.44. The molecule has 1 aliphatic heterocycles. The van der Waals surface area contributed by atoms with Gasteiger partial charge in [-0.25, -0.2) is 10.0 Å². The lowest BCUT2D eigenvalue weighted by atomic mass is 9.93. The van der Waals surface area contributed by atoms with Gasteiger partial charge in [0.15, 0.2) is 0 Å². The minimum absolute atomic E-state index is 0.315. The lowest BCUT2D eigenvalue weighted by molar-refractivity contribution is 0.449. The molecule has 1 aliphatic carbocycles. The van der Waals surface area contributed by atoms with Crippen LogP contribution in [0.3, 0.4) is 0 Å². The molecule has 0 aromatic rings. The standard InChI is InChI=1S/C11H20S/c1-4-12(3)8-5-10(9-12)11(2)6-7-11/h5,8,10H,4,6-7,9H2,1-3H3. The number of hydrogen-bond donors (Lipinski definition) is 0. The van der Waals surface area contributed by atoms with Crippen molar-refractivity contribution in [3.8, 4) is 0 Å². The third-order valence-electron chi connectivity index (χ3n) is 3.79. The number of hydrogen-bond acceptors (Lipinski definition) is 0. The molecule has 0 amide bonds. The molecule has 0 radical (unpaired) electrons. The molecule has 0 nitrogen and oxygen atoms in total. The van der Waals surface area contributed by atoms with Crippen molar-refractivity contribution in [3.63, 3.8) is 0 Å². The summed E-state index contributed by atoms with van der Waals surface area (Å²) in [6.45, 7) is 4.81. The fourth-order valence-corrected chi connectivity index (χ4v) is 4.46. The van der Waals surface area contributed by atoms with Crippen LogP contribution in [0.5, 0.6) is 0 Å². The van der Waals surface area contributed by atoms with E-state index in [4.69, 9.17) is 0 Å². The van der Waals surface area contributed by atoms with E-state index in [9.17, 15) is 0 Å². The molecule has 0 aromatic carbocycles. The molecular weight excluding hydrogens is 164 g/mol. The maximum atomic E-state index is 2.54. The van der Waals surface area contributed by atoms with Gasteiger partial charge >= 0.3 is 0 Å². The van der Waals surface area contributed by atoms with Crippen molar-refractivity contribution in [1.82, 2.24) is 0 Å². The quantitative estimate of drug-likeness (QED) is 0.617. The third kappa shape index (κ3) is 1.32. The van der Waals surface area contributed by atoms with Gasteiger partial charge in [0.2, 0.25) is 0 Å². The normalized spacial score (nSPS) is 48.8. The lowest BCUT2D eigenvalue weighted by Crippen LogP contribution is -2.14. The zero-order valence-electron chi connectivity index (χ0n) is 8.47. The largest absolute Gasteiger partial charge is 0.224 e. The van der Waals surface area contributed by atoms with Gasteiger partial charge in [0.05, 0.1) is 0 Å². The van der Waals surface area contributed by atoms with Crippen molar-refractivity contribution in [2.45, 2.75) is 26.7 Å². The molecule has 2 atom stereocenters. The summed E-state index contributed by atoms with van der Waals surface area (Å²) >= 11 is 0. The van der Waals surface area contributed by atoms with E-state index in [1.54, 1.807) is 0 Å². The van der Waals surface area contributed by atoms with Gasteiger partial charge in [-0.05, 0) is 41.9 Å². The Hall–Kier alpha value is 0.0900. The topological polar surface area (TPSA) is 0 Å². The molecule has 0 aromatic heterocycles. The molecule has 2 rings (SSSR count). The van der Waals surface area contributed by atoms with Gasteiger partial charge in [-0.1, -0.05) is 25.3 Å². The molecule has 0 N–H and O–H groups in total. The monoisotopic (exact) mass is 184 g/mol. The Morgan fingerprint density at radius 2 is 2.17 bits per heavy atom. The molecule has 70 valence electrons. The number of rotatable bonds is 2. The molecule has 12 heavy (non-hydrogen) atoms. The summed E-state index contributed by atoms with van der Waals surface area (Å²) in [7, 11) is -0.315. The molecular formula is C11H20S. The van der Waals surface area contributed by atoms with Gasteiger partial charge < -0.3 is 0 Å². The van der Waals surface area contributed by atoms with Crippen LogP contribution < -0.4 is 0 Å².